The molecular formula is C15H18F3NO2. The van der Waals surface area contributed by atoms with Crippen molar-refractivity contribution < 1.29 is 23.1 Å². The van der Waals surface area contributed by atoms with Gasteiger partial charge in [0, 0.05) is 24.7 Å². The lowest BCUT2D eigenvalue weighted by Crippen LogP contribution is -2.43. The van der Waals surface area contributed by atoms with E-state index in [1.165, 1.54) is 4.90 Å². The molecule has 0 heterocycles. The summed E-state index contributed by atoms with van der Waals surface area (Å²) in [4.78, 5) is 13.7. The minimum Gasteiger partial charge on any atom is -0.395 e. The van der Waals surface area contributed by atoms with E-state index >= 15 is 0 Å². The maximum Gasteiger partial charge on any atom is 0.260 e. The Morgan fingerprint density at radius 1 is 1.14 bits per heavy atom. The molecule has 0 aliphatic heterocycles. The Kier molecular flexibility index (Phi) is 5.22. The second-order valence-electron chi connectivity index (χ2n) is 5.26. The molecule has 1 saturated carbocycles. The fraction of sp³-hybridized carbons (Fsp3) is 0.533. The van der Waals surface area contributed by atoms with E-state index in [1.807, 2.05) is 0 Å². The third kappa shape index (κ3) is 3.56. The number of hydrogen-bond donors (Lipinski definition) is 1. The average Bonchev–Trinajstić information content (AvgIpc) is 2.44. The molecule has 0 unspecified atom stereocenters. The van der Waals surface area contributed by atoms with Crippen LogP contribution in [0, 0.1) is 17.5 Å². The molecule has 1 aromatic rings. The molecule has 0 aromatic heterocycles. The van der Waals surface area contributed by atoms with Crippen LogP contribution in [0.2, 0.25) is 0 Å². The van der Waals surface area contributed by atoms with Gasteiger partial charge in [0.05, 0.1) is 6.61 Å². The molecule has 1 aliphatic rings. The van der Waals surface area contributed by atoms with Gasteiger partial charge in [0.15, 0.2) is 0 Å². The highest BCUT2D eigenvalue weighted by Crippen LogP contribution is 2.25. The molecular weight excluding hydrogens is 283 g/mol. The standard InChI is InChI=1S/C15H18F3NO2/c16-10-8-12(17)14(13(18)9-10)15(21)19(6-7-20)11-4-2-1-3-5-11/h8-9,11,20H,1-7H2. The molecule has 0 spiro atoms. The summed E-state index contributed by atoms with van der Waals surface area (Å²) < 4.78 is 40.4. The van der Waals surface area contributed by atoms with Crippen molar-refractivity contribution in [1.82, 2.24) is 4.90 Å². The van der Waals surface area contributed by atoms with Crippen molar-refractivity contribution in [3.8, 4) is 0 Å². The SMILES string of the molecule is O=C(c1c(F)cc(F)cc1F)N(CCO)C1CCCCC1. The van der Waals surface area contributed by atoms with Crippen LogP contribution in [0.4, 0.5) is 13.2 Å². The zero-order chi connectivity index (χ0) is 15.4. The Labute approximate surface area is 121 Å². The van der Waals surface area contributed by atoms with Crippen molar-refractivity contribution in [3.05, 3.63) is 35.1 Å². The summed E-state index contributed by atoms with van der Waals surface area (Å²) in [6.45, 7) is -0.271. The van der Waals surface area contributed by atoms with E-state index in [0.29, 0.717) is 12.1 Å². The highest BCUT2D eigenvalue weighted by Gasteiger charge is 2.29. The number of carbonyl (C=O) groups excluding carboxylic acids is 1. The molecule has 0 atom stereocenters. The van der Waals surface area contributed by atoms with E-state index in [1.54, 1.807) is 0 Å². The number of hydrogen-bond acceptors (Lipinski definition) is 2. The predicted molar refractivity (Wildman–Crippen MR) is 71.3 cm³/mol. The summed E-state index contributed by atoms with van der Waals surface area (Å²) in [6, 6.07) is 0.852. The third-order valence-electron chi connectivity index (χ3n) is 3.84. The van der Waals surface area contributed by atoms with Gasteiger partial charge in [0.2, 0.25) is 0 Å². The predicted octanol–water partition coefficient (Wildman–Crippen LogP) is 2.87. The first kappa shape index (κ1) is 15.8. The molecule has 1 amide bonds. The number of carbonyl (C=O) groups is 1. The van der Waals surface area contributed by atoms with Gasteiger partial charge in [-0.25, -0.2) is 13.2 Å². The largest absolute Gasteiger partial charge is 0.395 e. The van der Waals surface area contributed by atoms with Gasteiger partial charge in [-0.3, -0.25) is 4.79 Å². The number of aliphatic hydroxyl groups excluding tert-OH is 1. The summed E-state index contributed by atoms with van der Waals surface area (Å²) in [5, 5.41) is 9.10. The Balaban J connectivity index is 2.29. The van der Waals surface area contributed by atoms with Crippen molar-refractivity contribution in [2.45, 2.75) is 38.1 Å². The van der Waals surface area contributed by atoms with Crippen LogP contribution < -0.4 is 0 Å². The highest BCUT2D eigenvalue weighted by molar-refractivity contribution is 5.95. The topological polar surface area (TPSA) is 40.5 Å². The number of benzene rings is 1. The molecule has 0 saturated heterocycles. The van der Waals surface area contributed by atoms with E-state index < -0.39 is 28.9 Å². The number of amides is 1. The Hall–Kier alpha value is -1.56. The molecule has 2 rings (SSSR count). The number of nitrogens with zero attached hydrogens (tertiary/aromatic N) is 1. The van der Waals surface area contributed by atoms with E-state index in [9.17, 15) is 18.0 Å². The molecule has 116 valence electrons. The minimum atomic E-state index is -1.21. The van der Waals surface area contributed by atoms with Crippen molar-refractivity contribution in [1.29, 1.82) is 0 Å². The zero-order valence-corrected chi connectivity index (χ0v) is 11.6. The number of rotatable bonds is 4. The first-order valence-electron chi connectivity index (χ1n) is 7.11. The van der Waals surface area contributed by atoms with Crippen LogP contribution in [0.1, 0.15) is 42.5 Å². The van der Waals surface area contributed by atoms with Crippen LogP contribution in [0.5, 0.6) is 0 Å². The zero-order valence-electron chi connectivity index (χ0n) is 11.6. The van der Waals surface area contributed by atoms with Crippen LogP contribution in [0.15, 0.2) is 12.1 Å². The fourth-order valence-corrected chi connectivity index (χ4v) is 2.84. The van der Waals surface area contributed by atoms with Crippen molar-refractivity contribution in [2.24, 2.45) is 0 Å². The maximum absolute atomic E-state index is 13.7. The molecule has 1 aromatic carbocycles. The first-order valence-corrected chi connectivity index (χ1v) is 7.11. The fourth-order valence-electron chi connectivity index (χ4n) is 2.84. The van der Waals surface area contributed by atoms with E-state index in [2.05, 4.69) is 0 Å². The van der Waals surface area contributed by atoms with E-state index in [-0.39, 0.29) is 19.2 Å². The summed E-state index contributed by atoms with van der Waals surface area (Å²) in [6.07, 6.45) is 4.44. The normalized spacial score (nSPS) is 16.0. The first-order chi connectivity index (χ1) is 10.0. The summed E-state index contributed by atoms with van der Waals surface area (Å²) in [5.41, 5.74) is -0.754. The second kappa shape index (κ2) is 6.93. The van der Waals surface area contributed by atoms with Crippen LogP contribution in [-0.4, -0.2) is 35.1 Å². The second-order valence-corrected chi connectivity index (χ2v) is 5.26. The molecule has 1 aliphatic carbocycles. The lowest BCUT2D eigenvalue weighted by Gasteiger charge is -2.34. The number of aliphatic hydroxyl groups is 1. The third-order valence-corrected chi connectivity index (χ3v) is 3.84. The quantitative estimate of drug-likeness (QED) is 0.929. The van der Waals surface area contributed by atoms with Gasteiger partial charge < -0.3 is 10.0 Å². The van der Waals surface area contributed by atoms with Crippen LogP contribution in [0.25, 0.3) is 0 Å². The summed E-state index contributed by atoms with van der Waals surface area (Å²) >= 11 is 0. The Morgan fingerprint density at radius 3 is 2.24 bits per heavy atom. The monoisotopic (exact) mass is 301 g/mol. The maximum atomic E-state index is 13.7. The van der Waals surface area contributed by atoms with E-state index in [0.717, 1.165) is 32.1 Å². The van der Waals surface area contributed by atoms with Gasteiger partial charge in [-0.1, -0.05) is 19.3 Å². The van der Waals surface area contributed by atoms with Crippen molar-refractivity contribution >= 4 is 5.91 Å². The van der Waals surface area contributed by atoms with Gasteiger partial charge in [-0.15, -0.1) is 0 Å². The molecule has 1 fully saturated rings. The van der Waals surface area contributed by atoms with Gasteiger partial charge in [0.25, 0.3) is 5.91 Å². The van der Waals surface area contributed by atoms with Gasteiger partial charge in [-0.05, 0) is 12.8 Å². The minimum absolute atomic E-state index is 0.0136. The molecule has 1 N–H and O–H groups in total. The molecule has 6 heteroatoms. The van der Waals surface area contributed by atoms with Gasteiger partial charge in [0.1, 0.15) is 23.0 Å². The average molecular weight is 301 g/mol. The van der Waals surface area contributed by atoms with E-state index in [4.69, 9.17) is 5.11 Å². The molecule has 21 heavy (non-hydrogen) atoms. The van der Waals surface area contributed by atoms with Gasteiger partial charge >= 0.3 is 0 Å². The highest BCUT2D eigenvalue weighted by atomic mass is 19.1. The summed E-state index contributed by atoms with van der Waals surface area (Å²) in [5.74, 6) is -4.31. The van der Waals surface area contributed by atoms with Crippen molar-refractivity contribution in [3.63, 3.8) is 0 Å². The lowest BCUT2D eigenvalue weighted by atomic mass is 9.93. The lowest BCUT2D eigenvalue weighted by molar-refractivity contribution is 0.0575. The molecule has 3 nitrogen and oxygen atoms in total. The molecule has 0 radical (unpaired) electrons. The van der Waals surface area contributed by atoms with Crippen LogP contribution in [-0.2, 0) is 0 Å². The Bertz CT molecular complexity index is 493. The summed E-state index contributed by atoms with van der Waals surface area (Å²) in [7, 11) is 0. The van der Waals surface area contributed by atoms with Crippen molar-refractivity contribution in [2.75, 3.05) is 13.2 Å². The molecule has 0 bridgehead atoms. The number of halogens is 3. The van der Waals surface area contributed by atoms with Gasteiger partial charge in [-0.2, -0.15) is 0 Å². The van der Waals surface area contributed by atoms with Crippen LogP contribution >= 0.6 is 0 Å². The smallest absolute Gasteiger partial charge is 0.260 e. The van der Waals surface area contributed by atoms with Crippen LogP contribution in [0.3, 0.4) is 0 Å². The Morgan fingerprint density at radius 2 is 1.71 bits per heavy atom.